The van der Waals surface area contributed by atoms with Gasteiger partial charge in [-0.3, -0.25) is 4.79 Å². The molecule has 3 rings (SSSR count). The highest BCUT2D eigenvalue weighted by Gasteiger charge is 2.14. The Hall–Kier alpha value is -2.95. The standard InChI is InChI=1S/C20H21NO4/c1-3-14-7-9-16(10-8-14)24-12-11-21-20(22)18-13-15-5-4-6-17(23-2)19(15)25-18/h4-10,13H,3,11-12H2,1-2H3,(H,21,22). The van der Waals surface area contributed by atoms with Crippen LogP contribution in [0.3, 0.4) is 0 Å². The molecular weight excluding hydrogens is 318 g/mol. The number of rotatable bonds is 7. The van der Waals surface area contributed by atoms with E-state index in [4.69, 9.17) is 13.9 Å². The van der Waals surface area contributed by atoms with Crippen LogP contribution in [-0.4, -0.2) is 26.2 Å². The van der Waals surface area contributed by atoms with Gasteiger partial charge in [0.05, 0.1) is 13.7 Å². The molecule has 0 unspecified atom stereocenters. The molecule has 1 N–H and O–H groups in total. The summed E-state index contributed by atoms with van der Waals surface area (Å²) in [4.78, 5) is 12.2. The molecule has 3 aromatic rings. The minimum absolute atomic E-state index is 0.256. The third-order valence-electron chi connectivity index (χ3n) is 3.94. The zero-order chi connectivity index (χ0) is 17.6. The Morgan fingerprint density at radius 2 is 1.96 bits per heavy atom. The highest BCUT2D eigenvalue weighted by molar-refractivity contribution is 5.97. The Morgan fingerprint density at radius 1 is 1.16 bits per heavy atom. The van der Waals surface area contributed by atoms with Crippen LogP contribution >= 0.6 is 0 Å². The summed E-state index contributed by atoms with van der Waals surface area (Å²) in [5, 5.41) is 3.62. The maximum atomic E-state index is 12.2. The van der Waals surface area contributed by atoms with Gasteiger partial charge in [0.2, 0.25) is 0 Å². The van der Waals surface area contributed by atoms with E-state index in [0.717, 1.165) is 17.6 Å². The number of amides is 1. The van der Waals surface area contributed by atoms with Gasteiger partial charge in [0, 0.05) is 5.39 Å². The van der Waals surface area contributed by atoms with E-state index >= 15 is 0 Å². The number of nitrogens with one attached hydrogen (secondary N) is 1. The molecule has 0 fully saturated rings. The summed E-state index contributed by atoms with van der Waals surface area (Å²) in [7, 11) is 1.57. The molecule has 0 bridgehead atoms. The Labute approximate surface area is 146 Å². The van der Waals surface area contributed by atoms with E-state index in [1.165, 1.54) is 5.56 Å². The van der Waals surface area contributed by atoms with E-state index in [9.17, 15) is 4.79 Å². The van der Waals surface area contributed by atoms with E-state index in [0.29, 0.717) is 24.5 Å². The Balaban J connectivity index is 1.54. The number of methoxy groups -OCH3 is 1. The summed E-state index contributed by atoms with van der Waals surface area (Å²) in [5.41, 5.74) is 1.84. The summed E-state index contributed by atoms with van der Waals surface area (Å²) in [6, 6.07) is 15.2. The molecule has 0 aliphatic carbocycles. The average molecular weight is 339 g/mol. The number of para-hydroxylation sites is 1. The van der Waals surface area contributed by atoms with Gasteiger partial charge in [-0.25, -0.2) is 0 Å². The molecule has 2 aromatic carbocycles. The van der Waals surface area contributed by atoms with Crippen LogP contribution in [0, 0.1) is 0 Å². The largest absolute Gasteiger partial charge is 0.493 e. The molecule has 130 valence electrons. The molecule has 25 heavy (non-hydrogen) atoms. The van der Waals surface area contributed by atoms with Gasteiger partial charge in [-0.15, -0.1) is 0 Å². The lowest BCUT2D eigenvalue weighted by Gasteiger charge is -2.07. The Kier molecular flexibility index (Phi) is 5.23. The monoisotopic (exact) mass is 339 g/mol. The van der Waals surface area contributed by atoms with Gasteiger partial charge in [0.1, 0.15) is 12.4 Å². The minimum atomic E-state index is -0.275. The zero-order valence-electron chi connectivity index (χ0n) is 14.4. The predicted octanol–water partition coefficient (Wildman–Crippen LogP) is 3.81. The van der Waals surface area contributed by atoms with Crippen LogP contribution in [0.1, 0.15) is 23.0 Å². The second-order valence-electron chi connectivity index (χ2n) is 5.59. The number of ether oxygens (including phenoxy) is 2. The van der Waals surface area contributed by atoms with Crippen LogP contribution in [0.4, 0.5) is 0 Å². The minimum Gasteiger partial charge on any atom is -0.493 e. The van der Waals surface area contributed by atoms with Crippen LogP contribution in [0.2, 0.25) is 0 Å². The SMILES string of the molecule is CCc1ccc(OCCNC(=O)c2cc3cccc(OC)c3o2)cc1. The number of carbonyl (C=O) groups is 1. The molecule has 0 spiro atoms. The summed E-state index contributed by atoms with van der Waals surface area (Å²) in [6.07, 6.45) is 0.999. The first-order valence-corrected chi connectivity index (χ1v) is 8.27. The zero-order valence-corrected chi connectivity index (χ0v) is 14.4. The van der Waals surface area contributed by atoms with E-state index in [-0.39, 0.29) is 11.7 Å². The molecule has 0 radical (unpaired) electrons. The lowest BCUT2D eigenvalue weighted by Crippen LogP contribution is -2.27. The topological polar surface area (TPSA) is 60.7 Å². The van der Waals surface area contributed by atoms with Crippen molar-refractivity contribution in [1.29, 1.82) is 0 Å². The number of aryl methyl sites for hydroxylation is 1. The van der Waals surface area contributed by atoms with Gasteiger partial charge in [0.15, 0.2) is 17.1 Å². The van der Waals surface area contributed by atoms with Gasteiger partial charge in [-0.1, -0.05) is 31.2 Å². The highest BCUT2D eigenvalue weighted by Crippen LogP contribution is 2.28. The van der Waals surface area contributed by atoms with Crippen molar-refractivity contribution in [2.24, 2.45) is 0 Å². The highest BCUT2D eigenvalue weighted by atomic mass is 16.5. The van der Waals surface area contributed by atoms with E-state index in [2.05, 4.69) is 12.2 Å². The lowest BCUT2D eigenvalue weighted by atomic mass is 10.2. The lowest BCUT2D eigenvalue weighted by molar-refractivity contribution is 0.0921. The average Bonchev–Trinajstić information content (AvgIpc) is 3.10. The van der Waals surface area contributed by atoms with Crippen LogP contribution in [-0.2, 0) is 6.42 Å². The Morgan fingerprint density at radius 3 is 2.68 bits per heavy atom. The molecule has 5 nitrogen and oxygen atoms in total. The van der Waals surface area contributed by atoms with E-state index < -0.39 is 0 Å². The molecule has 1 aromatic heterocycles. The quantitative estimate of drug-likeness (QED) is 0.665. The number of furan rings is 1. The van der Waals surface area contributed by atoms with Crippen molar-refractivity contribution in [3.05, 3.63) is 59.9 Å². The van der Waals surface area contributed by atoms with Crippen molar-refractivity contribution in [1.82, 2.24) is 5.32 Å². The molecule has 0 saturated carbocycles. The molecule has 0 atom stereocenters. The maximum Gasteiger partial charge on any atom is 0.287 e. The molecular formula is C20H21NO4. The molecule has 0 aliphatic heterocycles. The molecule has 1 heterocycles. The van der Waals surface area contributed by atoms with Gasteiger partial charge in [-0.2, -0.15) is 0 Å². The van der Waals surface area contributed by atoms with Crippen molar-refractivity contribution in [2.75, 3.05) is 20.3 Å². The maximum absolute atomic E-state index is 12.2. The van der Waals surface area contributed by atoms with Crippen molar-refractivity contribution < 1.29 is 18.7 Å². The second-order valence-corrected chi connectivity index (χ2v) is 5.59. The number of benzene rings is 2. The van der Waals surface area contributed by atoms with Crippen molar-refractivity contribution >= 4 is 16.9 Å². The van der Waals surface area contributed by atoms with Crippen molar-refractivity contribution in [3.8, 4) is 11.5 Å². The molecule has 0 aliphatic rings. The first-order chi connectivity index (χ1) is 12.2. The van der Waals surface area contributed by atoms with E-state index in [1.807, 2.05) is 36.4 Å². The number of fused-ring (bicyclic) bond motifs is 1. The van der Waals surface area contributed by atoms with Crippen LogP contribution in [0.25, 0.3) is 11.0 Å². The fraction of sp³-hybridized carbons (Fsp3) is 0.250. The summed E-state index contributed by atoms with van der Waals surface area (Å²) >= 11 is 0. The van der Waals surface area contributed by atoms with Gasteiger partial charge < -0.3 is 19.2 Å². The summed E-state index contributed by atoms with van der Waals surface area (Å²) < 4.78 is 16.5. The summed E-state index contributed by atoms with van der Waals surface area (Å²) in [6.45, 7) is 2.89. The fourth-order valence-corrected chi connectivity index (χ4v) is 2.55. The Bertz CT molecular complexity index is 852. The third kappa shape index (κ3) is 3.94. The van der Waals surface area contributed by atoms with Crippen LogP contribution in [0.15, 0.2) is 52.9 Å². The number of hydrogen-bond donors (Lipinski definition) is 1. The smallest absolute Gasteiger partial charge is 0.287 e. The van der Waals surface area contributed by atoms with Crippen LogP contribution < -0.4 is 14.8 Å². The van der Waals surface area contributed by atoms with Gasteiger partial charge in [-0.05, 0) is 36.2 Å². The fourth-order valence-electron chi connectivity index (χ4n) is 2.55. The predicted molar refractivity (Wildman–Crippen MR) is 96.4 cm³/mol. The number of carbonyl (C=O) groups excluding carboxylic acids is 1. The van der Waals surface area contributed by atoms with Gasteiger partial charge in [0.25, 0.3) is 5.91 Å². The first kappa shape index (κ1) is 16.9. The number of hydrogen-bond acceptors (Lipinski definition) is 4. The van der Waals surface area contributed by atoms with Gasteiger partial charge >= 0.3 is 0 Å². The van der Waals surface area contributed by atoms with E-state index in [1.54, 1.807) is 19.2 Å². The normalized spacial score (nSPS) is 10.6. The molecule has 0 saturated heterocycles. The molecule has 1 amide bonds. The second kappa shape index (κ2) is 7.75. The molecule has 5 heteroatoms. The first-order valence-electron chi connectivity index (χ1n) is 8.27. The van der Waals surface area contributed by atoms with Crippen molar-refractivity contribution in [3.63, 3.8) is 0 Å². The third-order valence-corrected chi connectivity index (χ3v) is 3.94. The van der Waals surface area contributed by atoms with Crippen LogP contribution in [0.5, 0.6) is 11.5 Å². The van der Waals surface area contributed by atoms with Crippen molar-refractivity contribution in [2.45, 2.75) is 13.3 Å². The summed E-state index contributed by atoms with van der Waals surface area (Å²) in [5.74, 6) is 1.38.